The van der Waals surface area contributed by atoms with Gasteiger partial charge in [-0.1, -0.05) is 13.0 Å². The standard InChI is InChI=1S/C25H29N7O4S/c1-3-30-10-12-31(13-11-30)22(33)17-36-19-7-5-6-18(14-19)29-16-21-24(35)32(4-2)25(37-21)20(15-27)23(34)28-9-8-26/h5-7,14,16,29H,3-4,9-13,17H2,1-2H3,(H,28,34). The van der Waals surface area contributed by atoms with E-state index in [2.05, 4.69) is 22.5 Å². The zero-order valence-corrected chi connectivity index (χ0v) is 21.6. The number of anilines is 1. The number of nitriles is 2. The second-order valence-electron chi connectivity index (χ2n) is 8.07. The molecule has 0 bridgehead atoms. The molecule has 11 nitrogen and oxygen atoms in total. The third-order valence-electron chi connectivity index (χ3n) is 5.84. The summed E-state index contributed by atoms with van der Waals surface area (Å²) in [6.07, 6.45) is 1.50. The Morgan fingerprint density at radius 1 is 1.16 bits per heavy atom. The number of carbonyl (C=O) groups is 2. The third-order valence-corrected chi connectivity index (χ3v) is 6.97. The number of aromatic nitrogens is 1. The summed E-state index contributed by atoms with van der Waals surface area (Å²) in [5.74, 6) is -0.264. The second kappa shape index (κ2) is 13.3. The van der Waals surface area contributed by atoms with Gasteiger partial charge in [0.25, 0.3) is 17.4 Å². The first-order valence-electron chi connectivity index (χ1n) is 11.9. The van der Waals surface area contributed by atoms with Crippen LogP contribution in [0.25, 0.3) is 11.8 Å². The molecule has 2 amide bonds. The molecule has 2 aromatic rings. The molecule has 0 saturated carbocycles. The monoisotopic (exact) mass is 523 g/mol. The quantitative estimate of drug-likeness (QED) is 0.424. The number of hydrogen-bond acceptors (Lipinski definition) is 9. The molecule has 0 aliphatic carbocycles. The molecule has 12 heteroatoms. The van der Waals surface area contributed by atoms with Crippen LogP contribution in [0.15, 0.2) is 29.1 Å². The molecule has 1 aromatic heterocycles. The number of nitrogens with zero attached hydrogens (tertiary/aromatic N) is 5. The van der Waals surface area contributed by atoms with Crippen LogP contribution in [0.4, 0.5) is 5.69 Å². The van der Waals surface area contributed by atoms with Crippen molar-refractivity contribution >= 4 is 40.6 Å². The highest BCUT2D eigenvalue weighted by Gasteiger charge is 2.20. The van der Waals surface area contributed by atoms with Crippen molar-refractivity contribution in [1.29, 1.82) is 10.5 Å². The SMILES string of the molecule is CCN1CCN(C(=O)COc2cccc(NC=c3sc(=C(C#N)C(=O)NCC#N)n(CC)c3=O)c2)CC1. The van der Waals surface area contributed by atoms with Crippen molar-refractivity contribution in [2.75, 3.05) is 51.2 Å². The van der Waals surface area contributed by atoms with Gasteiger partial charge in [-0.3, -0.25) is 19.0 Å². The minimum absolute atomic E-state index is 0.0599. The maximum absolute atomic E-state index is 12.9. The molecular formula is C25H29N7O4S. The normalized spacial score (nSPS) is 14.9. The number of likely N-dealkylation sites (N-methyl/N-ethyl adjacent to an activating group) is 1. The molecule has 194 valence electrons. The Morgan fingerprint density at radius 2 is 1.92 bits per heavy atom. The molecular weight excluding hydrogens is 494 g/mol. The molecule has 2 heterocycles. The molecule has 0 unspecified atom stereocenters. The largest absolute Gasteiger partial charge is 0.484 e. The van der Waals surface area contributed by atoms with Gasteiger partial charge in [-0.15, -0.1) is 11.3 Å². The van der Waals surface area contributed by atoms with Crippen LogP contribution < -0.4 is 30.1 Å². The van der Waals surface area contributed by atoms with E-state index in [1.54, 1.807) is 37.3 Å². The summed E-state index contributed by atoms with van der Waals surface area (Å²) in [6, 6.07) is 10.6. The summed E-state index contributed by atoms with van der Waals surface area (Å²) in [7, 11) is 0. The van der Waals surface area contributed by atoms with Crippen LogP contribution in [-0.4, -0.2) is 72.1 Å². The Bertz CT molecular complexity index is 1390. The topological polar surface area (TPSA) is 143 Å². The molecule has 0 spiro atoms. The van der Waals surface area contributed by atoms with Gasteiger partial charge in [0.05, 0.1) is 6.07 Å². The number of nitrogens with one attached hydrogen (secondary N) is 2. The summed E-state index contributed by atoms with van der Waals surface area (Å²) in [6.45, 7) is 7.88. The van der Waals surface area contributed by atoms with E-state index >= 15 is 0 Å². The van der Waals surface area contributed by atoms with Gasteiger partial charge in [-0.2, -0.15) is 10.5 Å². The van der Waals surface area contributed by atoms with Gasteiger partial charge in [0.2, 0.25) is 0 Å². The van der Waals surface area contributed by atoms with Gasteiger partial charge in [0.1, 0.15) is 27.6 Å². The van der Waals surface area contributed by atoms with E-state index in [4.69, 9.17) is 10.00 Å². The fourth-order valence-electron chi connectivity index (χ4n) is 3.77. The summed E-state index contributed by atoms with van der Waals surface area (Å²) in [5, 5.41) is 23.5. The lowest BCUT2D eigenvalue weighted by molar-refractivity contribution is -0.135. The first kappa shape index (κ1) is 27.5. The van der Waals surface area contributed by atoms with Crippen LogP contribution in [0, 0.1) is 22.7 Å². The molecule has 1 aliphatic heterocycles. The van der Waals surface area contributed by atoms with Gasteiger partial charge in [0, 0.05) is 50.7 Å². The molecule has 1 saturated heterocycles. The molecule has 1 aromatic carbocycles. The molecule has 1 aliphatic rings. The lowest BCUT2D eigenvalue weighted by Crippen LogP contribution is -2.49. The number of benzene rings is 1. The zero-order valence-electron chi connectivity index (χ0n) is 20.8. The van der Waals surface area contributed by atoms with Crippen molar-refractivity contribution in [2.24, 2.45) is 0 Å². The van der Waals surface area contributed by atoms with Gasteiger partial charge in [-0.25, -0.2) is 0 Å². The summed E-state index contributed by atoms with van der Waals surface area (Å²) in [5.41, 5.74) is 0.0576. The summed E-state index contributed by atoms with van der Waals surface area (Å²) >= 11 is 1.00. The average Bonchev–Trinajstić information content (AvgIpc) is 3.24. The maximum Gasteiger partial charge on any atom is 0.270 e. The van der Waals surface area contributed by atoms with Crippen LogP contribution in [0.1, 0.15) is 13.8 Å². The third kappa shape index (κ3) is 6.97. The Labute approximate surface area is 218 Å². The van der Waals surface area contributed by atoms with E-state index in [1.807, 2.05) is 11.0 Å². The Balaban J connectivity index is 1.74. The molecule has 1 fully saturated rings. The van der Waals surface area contributed by atoms with Crippen molar-refractivity contribution in [2.45, 2.75) is 20.4 Å². The zero-order chi connectivity index (χ0) is 26.8. The first-order chi connectivity index (χ1) is 17.9. The molecule has 0 radical (unpaired) electrons. The maximum atomic E-state index is 12.9. The van der Waals surface area contributed by atoms with E-state index in [-0.39, 0.29) is 41.4 Å². The van der Waals surface area contributed by atoms with Crippen LogP contribution in [0.2, 0.25) is 0 Å². The summed E-state index contributed by atoms with van der Waals surface area (Å²) < 4.78 is 7.56. The van der Waals surface area contributed by atoms with Crippen molar-refractivity contribution in [3.05, 3.63) is 43.8 Å². The van der Waals surface area contributed by atoms with Crippen molar-refractivity contribution in [3.63, 3.8) is 0 Å². The van der Waals surface area contributed by atoms with E-state index < -0.39 is 5.91 Å². The smallest absolute Gasteiger partial charge is 0.270 e. The van der Waals surface area contributed by atoms with Crippen LogP contribution >= 0.6 is 11.3 Å². The van der Waals surface area contributed by atoms with E-state index in [0.717, 1.165) is 31.0 Å². The van der Waals surface area contributed by atoms with E-state index in [1.165, 1.54) is 10.8 Å². The highest BCUT2D eigenvalue weighted by molar-refractivity contribution is 7.07. The predicted octanol–water partition coefficient (Wildman–Crippen LogP) is -0.363. The van der Waals surface area contributed by atoms with Crippen molar-refractivity contribution in [3.8, 4) is 17.9 Å². The van der Waals surface area contributed by atoms with Gasteiger partial charge >= 0.3 is 0 Å². The number of ether oxygens (including phenoxy) is 1. The number of carbonyl (C=O) groups excluding carboxylic acids is 2. The summed E-state index contributed by atoms with van der Waals surface area (Å²) in [4.78, 5) is 41.7. The minimum Gasteiger partial charge on any atom is -0.484 e. The fraction of sp³-hybridized carbons (Fsp3) is 0.400. The fourth-order valence-corrected chi connectivity index (χ4v) is 4.86. The molecule has 0 atom stereocenters. The second-order valence-corrected chi connectivity index (χ2v) is 9.10. The lowest BCUT2D eigenvalue weighted by atomic mass is 10.3. The Kier molecular flexibility index (Phi) is 9.84. The van der Waals surface area contributed by atoms with Crippen LogP contribution in [-0.2, 0) is 16.1 Å². The number of rotatable bonds is 9. The average molecular weight is 524 g/mol. The Hall–Kier alpha value is -4.13. The Morgan fingerprint density at radius 3 is 2.57 bits per heavy atom. The lowest BCUT2D eigenvalue weighted by Gasteiger charge is -2.33. The highest BCUT2D eigenvalue weighted by Crippen LogP contribution is 2.17. The van der Waals surface area contributed by atoms with Gasteiger partial charge in [0.15, 0.2) is 12.2 Å². The highest BCUT2D eigenvalue weighted by atomic mass is 32.1. The predicted molar refractivity (Wildman–Crippen MR) is 140 cm³/mol. The van der Waals surface area contributed by atoms with E-state index in [0.29, 0.717) is 29.1 Å². The van der Waals surface area contributed by atoms with Gasteiger partial charge in [-0.05, 0) is 25.6 Å². The van der Waals surface area contributed by atoms with Crippen LogP contribution in [0.5, 0.6) is 5.75 Å². The number of piperazine rings is 1. The van der Waals surface area contributed by atoms with Crippen molar-refractivity contribution < 1.29 is 14.3 Å². The van der Waals surface area contributed by atoms with Gasteiger partial charge < -0.3 is 25.2 Å². The van der Waals surface area contributed by atoms with Crippen LogP contribution in [0.3, 0.4) is 0 Å². The van der Waals surface area contributed by atoms with E-state index in [9.17, 15) is 19.6 Å². The number of thiazole rings is 1. The minimum atomic E-state index is -0.710. The number of hydrogen-bond donors (Lipinski definition) is 2. The van der Waals surface area contributed by atoms with Crippen molar-refractivity contribution in [1.82, 2.24) is 19.7 Å². The molecule has 2 N–H and O–H groups in total. The number of amides is 2. The first-order valence-corrected chi connectivity index (χ1v) is 12.7. The molecule has 3 rings (SSSR count). The molecule has 37 heavy (non-hydrogen) atoms.